The van der Waals surface area contributed by atoms with Crippen LogP contribution in [0.5, 0.6) is 0 Å². The second-order valence-corrected chi connectivity index (χ2v) is 9.51. The van der Waals surface area contributed by atoms with Crippen LogP contribution in [0.25, 0.3) is 22.0 Å². The minimum absolute atomic E-state index is 0.122. The van der Waals surface area contributed by atoms with Gasteiger partial charge in [-0.05, 0) is 71.3 Å². The molecule has 0 fully saturated rings. The lowest BCUT2D eigenvalue weighted by Crippen LogP contribution is -2.20. The third kappa shape index (κ3) is 4.98. The van der Waals surface area contributed by atoms with E-state index >= 15 is 0 Å². The highest BCUT2D eigenvalue weighted by Gasteiger charge is 2.23. The van der Waals surface area contributed by atoms with Gasteiger partial charge in [-0.15, -0.1) is 0 Å². The number of hydrogen-bond donors (Lipinski definition) is 1. The average molecular weight is 488 g/mol. The molecule has 0 saturated carbocycles. The molecular weight excluding hydrogens is 461 g/mol. The first kappa shape index (κ1) is 23.0. The quantitative estimate of drug-likeness (QED) is 0.297. The zero-order valence-electron chi connectivity index (χ0n) is 20.4. The standard InChI is InChI=1S/C32H26FN3O/c33-26-14-15-27-25(20-26)13-17-28-31(27)34-29(16-11-21-6-2-1-3-7-21)32(35-28)36-30(37)19-22-10-12-23-8-4-5-9-24(23)18-22/h1-10,12,14-15,18,20H,11,13,16-17,19H2,(H,35,36,37). The van der Waals surface area contributed by atoms with Crippen LogP contribution in [0, 0.1) is 5.82 Å². The Kier molecular flexibility index (Phi) is 6.19. The van der Waals surface area contributed by atoms with E-state index in [1.807, 2.05) is 42.5 Å². The van der Waals surface area contributed by atoms with Crippen LogP contribution in [-0.4, -0.2) is 15.9 Å². The number of fused-ring (bicyclic) bond motifs is 4. The van der Waals surface area contributed by atoms with Gasteiger partial charge in [0.05, 0.1) is 23.5 Å². The largest absolute Gasteiger partial charge is 0.309 e. The number of amides is 1. The van der Waals surface area contributed by atoms with Crippen LogP contribution >= 0.6 is 0 Å². The lowest BCUT2D eigenvalue weighted by atomic mass is 9.91. The maximum atomic E-state index is 13.8. The van der Waals surface area contributed by atoms with E-state index in [2.05, 4.69) is 35.6 Å². The van der Waals surface area contributed by atoms with E-state index in [1.165, 1.54) is 11.6 Å². The Morgan fingerprint density at radius 3 is 2.46 bits per heavy atom. The van der Waals surface area contributed by atoms with Gasteiger partial charge in [-0.25, -0.2) is 14.4 Å². The molecule has 0 radical (unpaired) electrons. The van der Waals surface area contributed by atoms with E-state index in [-0.39, 0.29) is 18.1 Å². The molecule has 0 saturated heterocycles. The number of carbonyl (C=O) groups is 1. The Bertz CT molecular complexity index is 1610. The number of anilines is 1. The highest BCUT2D eigenvalue weighted by molar-refractivity contribution is 5.93. The molecule has 0 bridgehead atoms. The number of aryl methyl sites for hydroxylation is 4. The molecule has 1 aliphatic carbocycles. The van der Waals surface area contributed by atoms with Crippen molar-refractivity contribution in [2.45, 2.75) is 32.1 Å². The molecule has 4 nitrogen and oxygen atoms in total. The van der Waals surface area contributed by atoms with Crippen LogP contribution < -0.4 is 5.32 Å². The number of aromatic nitrogens is 2. The second kappa shape index (κ2) is 9.94. The van der Waals surface area contributed by atoms with Crippen LogP contribution in [0.3, 0.4) is 0 Å². The number of nitrogens with one attached hydrogen (secondary N) is 1. The molecule has 4 aromatic carbocycles. The summed E-state index contributed by atoms with van der Waals surface area (Å²) in [5, 5.41) is 5.31. The van der Waals surface area contributed by atoms with Crippen LogP contribution in [0.1, 0.15) is 28.1 Å². The van der Waals surface area contributed by atoms with E-state index in [1.54, 1.807) is 12.1 Å². The Morgan fingerprint density at radius 1 is 0.784 bits per heavy atom. The Balaban J connectivity index is 1.30. The molecule has 0 spiro atoms. The van der Waals surface area contributed by atoms with Gasteiger partial charge in [0.2, 0.25) is 5.91 Å². The van der Waals surface area contributed by atoms with Crippen LogP contribution in [0.4, 0.5) is 10.2 Å². The maximum absolute atomic E-state index is 13.8. The number of rotatable bonds is 6. The summed E-state index contributed by atoms with van der Waals surface area (Å²) in [5.74, 6) is 0.159. The van der Waals surface area contributed by atoms with E-state index in [0.717, 1.165) is 51.0 Å². The predicted molar refractivity (Wildman–Crippen MR) is 145 cm³/mol. The summed E-state index contributed by atoms with van der Waals surface area (Å²) < 4.78 is 13.8. The fourth-order valence-corrected chi connectivity index (χ4v) is 5.04. The van der Waals surface area contributed by atoms with Gasteiger partial charge in [0.25, 0.3) is 0 Å². The van der Waals surface area contributed by atoms with E-state index < -0.39 is 0 Å². The van der Waals surface area contributed by atoms with E-state index in [0.29, 0.717) is 25.1 Å². The Labute approximate surface area is 215 Å². The van der Waals surface area contributed by atoms with Crippen molar-refractivity contribution < 1.29 is 9.18 Å². The first-order valence-corrected chi connectivity index (χ1v) is 12.6. The minimum Gasteiger partial charge on any atom is -0.309 e. The van der Waals surface area contributed by atoms with Gasteiger partial charge in [-0.1, -0.05) is 72.8 Å². The van der Waals surface area contributed by atoms with Gasteiger partial charge < -0.3 is 5.32 Å². The van der Waals surface area contributed by atoms with E-state index in [4.69, 9.17) is 9.97 Å². The summed E-state index contributed by atoms with van der Waals surface area (Å²) in [6.07, 6.45) is 3.02. The van der Waals surface area contributed by atoms with Gasteiger partial charge in [0.1, 0.15) is 5.82 Å². The normalized spacial score (nSPS) is 12.1. The number of halogens is 1. The lowest BCUT2D eigenvalue weighted by molar-refractivity contribution is -0.115. The summed E-state index contributed by atoms with van der Waals surface area (Å²) in [6.45, 7) is 0. The van der Waals surface area contributed by atoms with Crippen LogP contribution in [-0.2, 0) is 36.9 Å². The number of carbonyl (C=O) groups excluding carboxylic acids is 1. The lowest BCUT2D eigenvalue weighted by Gasteiger charge is -2.21. The summed E-state index contributed by atoms with van der Waals surface area (Å²) in [7, 11) is 0. The molecule has 1 aromatic heterocycles. The van der Waals surface area contributed by atoms with Crippen molar-refractivity contribution in [2.24, 2.45) is 0 Å². The van der Waals surface area contributed by atoms with Crippen LogP contribution in [0.15, 0.2) is 91.0 Å². The van der Waals surface area contributed by atoms with Gasteiger partial charge in [0.15, 0.2) is 5.82 Å². The van der Waals surface area contributed by atoms with E-state index in [9.17, 15) is 9.18 Å². The first-order chi connectivity index (χ1) is 18.1. The Hall–Kier alpha value is -4.38. The smallest absolute Gasteiger partial charge is 0.229 e. The molecule has 182 valence electrons. The summed E-state index contributed by atoms with van der Waals surface area (Å²) in [4.78, 5) is 23.0. The van der Waals surface area contributed by atoms with Gasteiger partial charge >= 0.3 is 0 Å². The highest BCUT2D eigenvalue weighted by Crippen LogP contribution is 2.33. The second-order valence-electron chi connectivity index (χ2n) is 9.51. The molecule has 1 aliphatic rings. The fourth-order valence-electron chi connectivity index (χ4n) is 5.04. The van der Waals surface area contributed by atoms with Crippen molar-refractivity contribution in [3.8, 4) is 11.3 Å². The monoisotopic (exact) mass is 487 g/mol. The van der Waals surface area contributed by atoms with Crippen molar-refractivity contribution in [3.05, 3.63) is 125 Å². The number of hydrogen-bond acceptors (Lipinski definition) is 3. The molecule has 0 aliphatic heterocycles. The average Bonchev–Trinajstić information content (AvgIpc) is 2.92. The molecule has 1 amide bonds. The summed E-state index contributed by atoms with van der Waals surface area (Å²) in [6, 6.07) is 29.3. The SMILES string of the molecule is O=C(Cc1ccc2ccccc2c1)Nc1nc2c(nc1CCc1ccccc1)-c1ccc(F)cc1CC2. The van der Waals surface area contributed by atoms with Gasteiger partial charge in [0, 0.05) is 5.56 Å². The molecular formula is C32H26FN3O. The molecule has 37 heavy (non-hydrogen) atoms. The molecule has 1 N–H and O–H groups in total. The predicted octanol–water partition coefficient (Wildman–Crippen LogP) is 6.50. The van der Waals surface area contributed by atoms with Crippen molar-refractivity contribution in [3.63, 3.8) is 0 Å². The number of nitrogens with zero attached hydrogens (tertiary/aromatic N) is 2. The number of benzene rings is 4. The third-order valence-corrected chi connectivity index (χ3v) is 6.92. The van der Waals surface area contributed by atoms with Crippen LogP contribution in [0.2, 0.25) is 0 Å². The van der Waals surface area contributed by atoms with Crippen molar-refractivity contribution in [1.29, 1.82) is 0 Å². The minimum atomic E-state index is -0.239. The zero-order valence-corrected chi connectivity index (χ0v) is 20.4. The van der Waals surface area contributed by atoms with Crippen molar-refractivity contribution in [2.75, 3.05) is 5.32 Å². The van der Waals surface area contributed by atoms with Gasteiger partial charge in [-0.3, -0.25) is 4.79 Å². The third-order valence-electron chi connectivity index (χ3n) is 6.92. The maximum Gasteiger partial charge on any atom is 0.229 e. The Morgan fingerprint density at radius 2 is 1.59 bits per heavy atom. The topological polar surface area (TPSA) is 54.9 Å². The molecule has 1 heterocycles. The summed E-state index contributed by atoms with van der Waals surface area (Å²) in [5.41, 5.74) is 6.38. The molecule has 5 aromatic rings. The molecule has 0 atom stereocenters. The fraction of sp³-hybridized carbons (Fsp3) is 0.156. The van der Waals surface area contributed by atoms with Crippen molar-refractivity contribution >= 4 is 22.5 Å². The molecule has 5 heteroatoms. The zero-order chi connectivity index (χ0) is 25.2. The van der Waals surface area contributed by atoms with Gasteiger partial charge in [-0.2, -0.15) is 0 Å². The summed E-state index contributed by atoms with van der Waals surface area (Å²) >= 11 is 0. The van der Waals surface area contributed by atoms with Crippen molar-refractivity contribution in [1.82, 2.24) is 9.97 Å². The first-order valence-electron chi connectivity index (χ1n) is 12.6. The highest BCUT2D eigenvalue weighted by atomic mass is 19.1. The molecule has 0 unspecified atom stereocenters. The molecule has 6 rings (SSSR count).